The van der Waals surface area contributed by atoms with Gasteiger partial charge < -0.3 is 30.0 Å². The highest BCUT2D eigenvalue weighted by molar-refractivity contribution is 5.93. The molecule has 0 spiro atoms. The summed E-state index contributed by atoms with van der Waals surface area (Å²) >= 11 is 0. The van der Waals surface area contributed by atoms with E-state index < -0.39 is 18.0 Å². The fourth-order valence-electron chi connectivity index (χ4n) is 1.90. The lowest BCUT2D eigenvalue weighted by atomic mass is 10.0. The van der Waals surface area contributed by atoms with E-state index >= 15 is 0 Å². The number of carboxylic acids is 1. The molecule has 0 saturated carbocycles. The van der Waals surface area contributed by atoms with E-state index in [0.717, 1.165) is 0 Å². The Morgan fingerprint density at radius 2 is 1.91 bits per heavy atom. The van der Waals surface area contributed by atoms with E-state index in [4.69, 9.17) is 9.47 Å². The van der Waals surface area contributed by atoms with Gasteiger partial charge in [-0.1, -0.05) is 13.8 Å². The van der Waals surface area contributed by atoms with Crippen molar-refractivity contribution >= 4 is 17.7 Å². The summed E-state index contributed by atoms with van der Waals surface area (Å²) in [7, 11) is 2.98. The number of carbonyl (C=O) groups is 2. The molecule has 2 amide bonds. The third-order valence-corrected chi connectivity index (χ3v) is 2.95. The first-order valence-corrected chi connectivity index (χ1v) is 6.87. The van der Waals surface area contributed by atoms with Crippen LogP contribution >= 0.6 is 0 Å². The van der Waals surface area contributed by atoms with Gasteiger partial charge in [-0.05, 0) is 24.5 Å². The van der Waals surface area contributed by atoms with Crippen molar-refractivity contribution in [2.75, 3.05) is 19.5 Å². The van der Waals surface area contributed by atoms with Crippen LogP contribution in [0.25, 0.3) is 0 Å². The number of amides is 2. The molecule has 1 atom stereocenters. The molecule has 7 nitrogen and oxygen atoms in total. The molecule has 0 aliphatic heterocycles. The number of methoxy groups -OCH3 is 2. The molecule has 1 aromatic rings. The summed E-state index contributed by atoms with van der Waals surface area (Å²) in [4.78, 5) is 23.0. The number of hydrogen-bond donors (Lipinski definition) is 2. The SMILES string of the molecule is COc1ccc(NC(=O)N[C@@H](CC(C)C)C(=O)[O-])c(OC)c1. The van der Waals surface area contributed by atoms with Crippen molar-refractivity contribution in [1.29, 1.82) is 0 Å². The van der Waals surface area contributed by atoms with Gasteiger partial charge in [-0.25, -0.2) is 4.79 Å². The van der Waals surface area contributed by atoms with Crippen molar-refractivity contribution in [3.05, 3.63) is 18.2 Å². The van der Waals surface area contributed by atoms with Crippen molar-refractivity contribution in [2.24, 2.45) is 5.92 Å². The lowest BCUT2D eigenvalue weighted by Crippen LogP contribution is -2.49. The summed E-state index contributed by atoms with van der Waals surface area (Å²) in [6, 6.07) is 3.18. The smallest absolute Gasteiger partial charge is 0.319 e. The number of carbonyl (C=O) groups excluding carboxylic acids is 2. The molecular weight excluding hydrogens is 288 g/mol. The third-order valence-electron chi connectivity index (χ3n) is 2.95. The van der Waals surface area contributed by atoms with E-state index in [0.29, 0.717) is 17.2 Å². The van der Waals surface area contributed by atoms with Crippen molar-refractivity contribution in [3.8, 4) is 11.5 Å². The Balaban J connectivity index is 2.77. The van der Waals surface area contributed by atoms with Crippen molar-refractivity contribution in [3.63, 3.8) is 0 Å². The predicted octanol–water partition coefficient (Wildman–Crippen LogP) is 0.990. The fourth-order valence-corrected chi connectivity index (χ4v) is 1.90. The monoisotopic (exact) mass is 309 g/mol. The van der Waals surface area contributed by atoms with Gasteiger partial charge in [-0.2, -0.15) is 0 Å². The third kappa shape index (κ3) is 5.16. The fraction of sp³-hybridized carbons (Fsp3) is 0.467. The summed E-state index contributed by atoms with van der Waals surface area (Å²) in [5, 5.41) is 16.0. The average Bonchev–Trinajstić information content (AvgIpc) is 2.46. The molecule has 1 aromatic carbocycles. The summed E-state index contributed by atoms with van der Waals surface area (Å²) in [5.74, 6) is -0.220. The van der Waals surface area contributed by atoms with E-state index in [1.807, 2.05) is 13.8 Å². The topological polar surface area (TPSA) is 99.7 Å². The molecule has 0 aliphatic rings. The highest BCUT2D eigenvalue weighted by atomic mass is 16.5. The van der Waals surface area contributed by atoms with Crippen LogP contribution in [0.2, 0.25) is 0 Å². The molecule has 1 rings (SSSR count). The minimum atomic E-state index is -1.31. The van der Waals surface area contributed by atoms with Crippen LogP contribution < -0.4 is 25.2 Å². The van der Waals surface area contributed by atoms with Gasteiger partial charge in [0, 0.05) is 6.07 Å². The lowest BCUT2D eigenvalue weighted by molar-refractivity contribution is -0.308. The van der Waals surface area contributed by atoms with Crippen LogP contribution in [-0.4, -0.2) is 32.3 Å². The maximum atomic E-state index is 11.9. The summed E-state index contributed by atoms with van der Waals surface area (Å²) in [5.41, 5.74) is 0.405. The highest BCUT2D eigenvalue weighted by Gasteiger charge is 2.16. The maximum Gasteiger partial charge on any atom is 0.319 e. The normalized spacial score (nSPS) is 11.7. The molecule has 0 heterocycles. The first-order chi connectivity index (χ1) is 10.4. The Bertz CT molecular complexity index is 531. The van der Waals surface area contributed by atoms with E-state index in [1.165, 1.54) is 14.2 Å². The van der Waals surface area contributed by atoms with E-state index in [2.05, 4.69) is 10.6 Å². The van der Waals surface area contributed by atoms with Gasteiger partial charge in [0.05, 0.1) is 31.9 Å². The molecule has 0 bridgehead atoms. The molecule has 0 aliphatic carbocycles. The molecular formula is C15H21N2O5-. The molecule has 0 unspecified atom stereocenters. The zero-order valence-corrected chi connectivity index (χ0v) is 13.1. The van der Waals surface area contributed by atoms with Crippen molar-refractivity contribution in [1.82, 2.24) is 5.32 Å². The standard InChI is InChI=1S/C15H22N2O5/c1-9(2)7-12(14(18)19)17-15(20)16-11-6-5-10(21-3)8-13(11)22-4/h5-6,8-9,12H,7H2,1-4H3,(H,18,19)(H2,16,17,20)/p-1/t12-/m0/s1. The molecule has 7 heteroatoms. The largest absolute Gasteiger partial charge is 0.548 e. The van der Waals surface area contributed by atoms with E-state index in [-0.39, 0.29) is 12.3 Å². The Morgan fingerprint density at radius 1 is 1.23 bits per heavy atom. The Kier molecular flexibility index (Phi) is 6.49. The van der Waals surface area contributed by atoms with Gasteiger partial charge in [-0.15, -0.1) is 0 Å². The van der Waals surface area contributed by atoms with Gasteiger partial charge in [0.15, 0.2) is 0 Å². The number of anilines is 1. The van der Waals surface area contributed by atoms with Gasteiger partial charge in [0.1, 0.15) is 11.5 Å². The summed E-state index contributed by atoms with van der Waals surface area (Å²) in [6.45, 7) is 3.73. The van der Waals surface area contributed by atoms with Crippen LogP contribution in [-0.2, 0) is 4.79 Å². The van der Waals surface area contributed by atoms with Gasteiger partial charge in [0.25, 0.3) is 0 Å². The second-order valence-corrected chi connectivity index (χ2v) is 5.17. The quantitative estimate of drug-likeness (QED) is 0.782. The number of benzene rings is 1. The molecule has 2 N–H and O–H groups in total. The van der Waals surface area contributed by atoms with Crippen LogP contribution in [0.3, 0.4) is 0 Å². The van der Waals surface area contributed by atoms with Crippen LogP contribution in [0.5, 0.6) is 11.5 Å². The Morgan fingerprint density at radius 3 is 2.41 bits per heavy atom. The zero-order chi connectivity index (χ0) is 16.7. The minimum absolute atomic E-state index is 0.110. The van der Waals surface area contributed by atoms with Gasteiger partial charge >= 0.3 is 6.03 Å². The molecule has 0 aromatic heterocycles. The van der Waals surface area contributed by atoms with Crippen LogP contribution in [0.4, 0.5) is 10.5 Å². The highest BCUT2D eigenvalue weighted by Crippen LogP contribution is 2.28. The molecule has 0 radical (unpaired) electrons. The maximum absolute atomic E-state index is 11.9. The molecule has 122 valence electrons. The number of aliphatic carboxylic acids is 1. The Hall–Kier alpha value is -2.44. The van der Waals surface area contributed by atoms with Crippen LogP contribution in [0.1, 0.15) is 20.3 Å². The number of nitrogens with one attached hydrogen (secondary N) is 2. The second kappa shape index (κ2) is 8.11. The molecule has 0 saturated heterocycles. The molecule has 0 fully saturated rings. The lowest BCUT2D eigenvalue weighted by Gasteiger charge is -2.22. The van der Waals surface area contributed by atoms with Crippen LogP contribution in [0, 0.1) is 5.92 Å². The predicted molar refractivity (Wildman–Crippen MR) is 80.0 cm³/mol. The van der Waals surface area contributed by atoms with E-state index in [1.54, 1.807) is 18.2 Å². The van der Waals surface area contributed by atoms with Gasteiger partial charge in [0.2, 0.25) is 0 Å². The van der Waals surface area contributed by atoms with Crippen LogP contribution in [0.15, 0.2) is 18.2 Å². The van der Waals surface area contributed by atoms with Gasteiger partial charge in [-0.3, -0.25) is 0 Å². The van der Waals surface area contributed by atoms with Crippen molar-refractivity contribution in [2.45, 2.75) is 26.3 Å². The second-order valence-electron chi connectivity index (χ2n) is 5.17. The number of rotatable bonds is 7. The number of ether oxygens (including phenoxy) is 2. The van der Waals surface area contributed by atoms with E-state index in [9.17, 15) is 14.7 Å². The summed E-state index contributed by atoms with van der Waals surface area (Å²) in [6.07, 6.45) is 0.287. The average molecular weight is 309 g/mol. The Labute approximate surface area is 129 Å². The first kappa shape index (κ1) is 17.6. The zero-order valence-electron chi connectivity index (χ0n) is 13.1. The first-order valence-electron chi connectivity index (χ1n) is 6.87. The minimum Gasteiger partial charge on any atom is -0.548 e. The number of hydrogen-bond acceptors (Lipinski definition) is 5. The number of urea groups is 1. The van der Waals surface area contributed by atoms with Crippen molar-refractivity contribution < 1.29 is 24.2 Å². The summed E-state index contributed by atoms with van der Waals surface area (Å²) < 4.78 is 10.2. The molecule has 22 heavy (non-hydrogen) atoms. The number of carboxylic acid groups (broad SMARTS) is 1.